The molecule has 1 saturated heterocycles. The first-order chi connectivity index (χ1) is 10.0. The molecule has 5 nitrogen and oxygen atoms in total. The van der Waals surface area contributed by atoms with Crippen LogP contribution in [0.25, 0.3) is 10.9 Å². The highest BCUT2D eigenvalue weighted by Crippen LogP contribution is 2.24. The summed E-state index contributed by atoms with van der Waals surface area (Å²) >= 11 is 0. The van der Waals surface area contributed by atoms with Crippen LogP contribution in [0.4, 0.5) is 5.69 Å². The van der Waals surface area contributed by atoms with Gasteiger partial charge in [0.05, 0.1) is 11.8 Å². The average molecular weight is 305 g/mol. The van der Waals surface area contributed by atoms with E-state index in [2.05, 4.69) is 10.3 Å². The van der Waals surface area contributed by atoms with Gasteiger partial charge in [0.25, 0.3) is 0 Å². The Balaban J connectivity index is 1.82. The minimum atomic E-state index is -3.11. The van der Waals surface area contributed by atoms with Gasteiger partial charge in [0.1, 0.15) is 0 Å². The monoisotopic (exact) mass is 305 g/mol. The first-order valence-electron chi connectivity index (χ1n) is 7.09. The SMILES string of the molecule is CS(=O)(=O)N1CCCC(Nc2ccnc3ccccc23)C1. The van der Waals surface area contributed by atoms with Crippen molar-refractivity contribution in [2.45, 2.75) is 18.9 Å². The second-order valence-corrected chi connectivity index (χ2v) is 7.46. The van der Waals surface area contributed by atoms with E-state index >= 15 is 0 Å². The number of hydrogen-bond donors (Lipinski definition) is 1. The lowest BCUT2D eigenvalue weighted by Gasteiger charge is -2.32. The lowest BCUT2D eigenvalue weighted by molar-refractivity contribution is 0.329. The number of piperidine rings is 1. The second-order valence-electron chi connectivity index (χ2n) is 5.48. The summed E-state index contributed by atoms with van der Waals surface area (Å²) in [5.41, 5.74) is 1.96. The third kappa shape index (κ3) is 3.16. The number of para-hydroxylation sites is 1. The smallest absolute Gasteiger partial charge is 0.211 e. The van der Waals surface area contributed by atoms with Gasteiger partial charge in [-0.2, -0.15) is 0 Å². The van der Waals surface area contributed by atoms with E-state index in [-0.39, 0.29) is 6.04 Å². The van der Waals surface area contributed by atoms with Gasteiger partial charge in [0.15, 0.2) is 0 Å². The maximum absolute atomic E-state index is 11.7. The average Bonchev–Trinajstić information content (AvgIpc) is 2.47. The van der Waals surface area contributed by atoms with Gasteiger partial charge in [0.2, 0.25) is 10.0 Å². The van der Waals surface area contributed by atoms with Crippen LogP contribution in [0.1, 0.15) is 12.8 Å². The van der Waals surface area contributed by atoms with E-state index in [0.717, 1.165) is 29.4 Å². The summed E-state index contributed by atoms with van der Waals surface area (Å²) in [6.07, 6.45) is 4.91. The molecule has 1 fully saturated rings. The molecule has 2 heterocycles. The molecule has 0 saturated carbocycles. The number of aromatic nitrogens is 1. The predicted molar refractivity (Wildman–Crippen MR) is 84.8 cm³/mol. The molecule has 3 rings (SSSR count). The van der Waals surface area contributed by atoms with Gasteiger partial charge < -0.3 is 5.32 Å². The molecule has 1 aromatic heterocycles. The van der Waals surface area contributed by atoms with E-state index in [4.69, 9.17) is 0 Å². The zero-order valence-corrected chi connectivity index (χ0v) is 12.8. The largest absolute Gasteiger partial charge is 0.380 e. The standard InChI is InChI=1S/C15H19N3O2S/c1-21(19,20)18-10-4-5-12(11-18)17-15-8-9-16-14-7-3-2-6-13(14)15/h2-3,6-9,12H,4-5,10-11H2,1H3,(H,16,17). The molecule has 112 valence electrons. The fourth-order valence-corrected chi connectivity index (χ4v) is 3.71. The molecule has 1 aliphatic rings. The molecule has 1 atom stereocenters. The molecular formula is C15H19N3O2S. The Morgan fingerprint density at radius 2 is 2.10 bits per heavy atom. The van der Waals surface area contributed by atoms with Gasteiger partial charge >= 0.3 is 0 Å². The molecule has 0 aliphatic carbocycles. The summed E-state index contributed by atoms with van der Waals surface area (Å²) in [5, 5.41) is 4.55. The van der Waals surface area contributed by atoms with Gasteiger partial charge in [-0.3, -0.25) is 4.98 Å². The van der Waals surface area contributed by atoms with Crippen molar-refractivity contribution in [3.63, 3.8) is 0 Å². The number of fused-ring (bicyclic) bond motifs is 1. The number of hydrogen-bond acceptors (Lipinski definition) is 4. The van der Waals surface area contributed by atoms with Crippen LogP contribution >= 0.6 is 0 Å². The third-order valence-electron chi connectivity index (χ3n) is 3.86. The summed E-state index contributed by atoms with van der Waals surface area (Å²) in [6, 6.07) is 10.0. The minimum absolute atomic E-state index is 0.138. The zero-order chi connectivity index (χ0) is 14.9. The number of benzene rings is 1. The van der Waals surface area contributed by atoms with Crippen LogP contribution in [0.2, 0.25) is 0 Å². The number of nitrogens with zero attached hydrogens (tertiary/aromatic N) is 2. The molecular weight excluding hydrogens is 286 g/mol. The molecule has 1 aromatic carbocycles. The van der Waals surface area contributed by atoms with E-state index < -0.39 is 10.0 Å². The normalized spacial score (nSPS) is 20.5. The number of sulfonamides is 1. The Kier molecular flexibility index (Phi) is 3.82. The topological polar surface area (TPSA) is 62.3 Å². The van der Waals surface area contributed by atoms with E-state index in [0.29, 0.717) is 13.1 Å². The van der Waals surface area contributed by atoms with Crippen LogP contribution in [0, 0.1) is 0 Å². The van der Waals surface area contributed by atoms with Crippen LogP contribution in [0.15, 0.2) is 36.5 Å². The quantitative estimate of drug-likeness (QED) is 0.943. The van der Waals surface area contributed by atoms with Crippen molar-refractivity contribution in [2.24, 2.45) is 0 Å². The second kappa shape index (κ2) is 5.61. The van der Waals surface area contributed by atoms with Crippen LogP contribution in [0.5, 0.6) is 0 Å². The molecule has 21 heavy (non-hydrogen) atoms. The van der Waals surface area contributed by atoms with Crippen molar-refractivity contribution in [1.82, 2.24) is 9.29 Å². The van der Waals surface area contributed by atoms with Crippen molar-refractivity contribution in [3.8, 4) is 0 Å². The summed E-state index contributed by atoms with van der Waals surface area (Å²) in [6.45, 7) is 1.14. The van der Waals surface area contributed by atoms with Gasteiger partial charge in [-0.25, -0.2) is 12.7 Å². The maximum Gasteiger partial charge on any atom is 0.211 e. The molecule has 0 bridgehead atoms. The summed E-state index contributed by atoms with van der Waals surface area (Å²) < 4.78 is 24.9. The van der Waals surface area contributed by atoms with E-state index in [1.807, 2.05) is 30.3 Å². The highest BCUT2D eigenvalue weighted by molar-refractivity contribution is 7.88. The van der Waals surface area contributed by atoms with Gasteiger partial charge in [-0.1, -0.05) is 18.2 Å². The summed E-state index contributed by atoms with van der Waals surface area (Å²) in [5.74, 6) is 0. The molecule has 0 spiro atoms. The third-order valence-corrected chi connectivity index (χ3v) is 5.13. The Labute approximate surface area is 125 Å². The number of rotatable bonds is 3. The highest BCUT2D eigenvalue weighted by Gasteiger charge is 2.25. The molecule has 1 unspecified atom stereocenters. The lowest BCUT2D eigenvalue weighted by Crippen LogP contribution is -2.44. The van der Waals surface area contributed by atoms with Crippen LogP contribution in [0.3, 0.4) is 0 Å². The number of anilines is 1. The van der Waals surface area contributed by atoms with Crippen molar-refractivity contribution in [2.75, 3.05) is 24.7 Å². The van der Waals surface area contributed by atoms with E-state index in [1.165, 1.54) is 6.26 Å². The molecule has 1 N–H and O–H groups in total. The Morgan fingerprint density at radius 3 is 2.90 bits per heavy atom. The van der Waals surface area contributed by atoms with Crippen molar-refractivity contribution >= 4 is 26.6 Å². The maximum atomic E-state index is 11.7. The molecule has 2 aromatic rings. The van der Waals surface area contributed by atoms with E-state index in [9.17, 15) is 8.42 Å². The fourth-order valence-electron chi connectivity index (χ4n) is 2.80. The van der Waals surface area contributed by atoms with Crippen molar-refractivity contribution in [3.05, 3.63) is 36.5 Å². The van der Waals surface area contributed by atoms with Gasteiger partial charge in [-0.05, 0) is 25.0 Å². The zero-order valence-electron chi connectivity index (χ0n) is 12.0. The number of nitrogens with one attached hydrogen (secondary N) is 1. The highest BCUT2D eigenvalue weighted by atomic mass is 32.2. The van der Waals surface area contributed by atoms with Crippen molar-refractivity contribution in [1.29, 1.82) is 0 Å². The van der Waals surface area contributed by atoms with Crippen LogP contribution < -0.4 is 5.32 Å². The van der Waals surface area contributed by atoms with E-state index in [1.54, 1.807) is 10.5 Å². The molecule has 0 radical (unpaired) electrons. The Morgan fingerprint density at radius 1 is 1.29 bits per heavy atom. The summed E-state index contributed by atoms with van der Waals surface area (Å²) in [7, 11) is -3.11. The molecule has 1 aliphatic heterocycles. The fraction of sp³-hybridized carbons (Fsp3) is 0.400. The summed E-state index contributed by atoms with van der Waals surface area (Å²) in [4.78, 5) is 4.34. The van der Waals surface area contributed by atoms with Crippen molar-refractivity contribution < 1.29 is 8.42 Å². The molecule has 0 amide bonds. The van der Waals surface area contributed by atoms with Crippen LogP contribution in [-0.4, -0.2) is 43.1 Å². The van der Waals surface area contributed by atoms with Gasteiger partial charge in [-0.15, -0.1) is 0 Å². The Hall–Kier alpha value is -1.66. The minimum Gasteiger partial charge on any atom is -0.380 e. The predicted octanol–water partition coefficient (Wildman–Crippen LogP) is 2.07. The van der Waals surface area contributed by atoms with Gasteiger partial charge in [0, 0.05) is 36.4 Å². The molecule has 6 heteroatoms. The first kappa shape index (κ1) is 14.3. The first-order valence-corrected chi connectivity index (χ1v) is 8.94. The number of pyridine rings is 1. The Bertz CT molecular complexity index is 740. The lowest BCUT2D eigenvalue weighted by atomic mass is 10.1. The van der Waals surface area contributed by atoms with Crippen LogP contribution in [-0.2, 0) is 10.0 Å².